The Labute approximate surface area is 112 Å². The van der Waals surface area contributed by atoms with E-state index in [1.54, 1.807) is 12.5 Å². The molecule has 6 nitrogen and oxygen atoms in total. The first-order chi connectivity index (χ1) is 9.15. The van der Waals surface area contributed by atoms with Gasteiger partial charge in [0.2, 0.25) is 0 Å². The van der Waals surface area contributed by atoms with Crippen LogP contribution in [-0.4, -0.2) is 25.8 Å². The van der Waals surface area contributed by atoms with Crippen LogP contribution in [0.15, 0.2) is 24.7 Å². The molecular formula is C13H19N5O. The van der Waals surface area contributed by atoms with Crippen LogP contribution in [0.1, 0.15) is 25.4 Å². The first-order valence-corrected chi connectivity index (χ1v) is 6.29. The number of nitrogens with one attached hydrogen (secondary N) is 1. The number of nitrogens with zero attached hydrogens (tertiary/aromatic N) is 4. The fourth-order valence-corrected chi connectivity index (χ4v) is 1.50. The minimum absolute atomic E-state index is 0.391. The molecule has 102 valence electrons. The number of aryl methyl sites for hydroxylation is 1. The second-order valence-corrected chi connectivity index (χ2v) is 4.67. The Morgan fingerprint density at radius 3 is 2.79 bits per heavy atom. The predicted molar refractivity (Wildman–Crippen MR) is 71.5 cm³/mol. The summed E-state index contributed by atoms with van der Waals surface area (Å²) >= 11 is 0. The SMILES string of the molecule is CC(C)NCc1ccc(OCc2nncn2C)cn1. The summed E-state index contributed by atoms with van der Waals surface area (Å²) in [7, 11) is 1.89. The number of hydrogen-bond acceptors (Lipinski definition) is 5. The van der Waals surface area contributed by atoms with E-state index in [-0.39, 0.29) is 0 Å². The van der Waals surface area contributed by atoms with E-state index >= 15 is 0 Å². The van der Waals surface area contributed by atoms with Crippen molar-refractivity contribution in [3.05, 3.63) is 36.2 Å². The lowest BCUT2D eigenvalue weighted by atomic mass is 10.3. The number of ether oxygens (including phenoxy) is 1. The third kappa shape index (κ3) is 4.03. The van der Waals surface area contributed by atoms with Crippen LogP contribution in [0.3, 0.4) is 0 Å². The first-order valence-electron chi connectivity index (χ1n) is 6.29. The second kappa shape index (κ2) is 6.29. The average Bonchev–Trinajstić information content (AvgIpc) is 2.81. The van der Waals surface area contributed by atoms with Crippen LogP contribution in [0.2, 0.25) is 0 Å². The van der Waals surface area contributed by atoms with Crippen LogP contribution in [-0.2, 0) is 20.2 Å². The van der Waals surface area contributed by atoms with Crippen molar-refractivity contribution >= 4 is 0 Å². The van der Waals surface area contributed by atoms with Crippen molar-refractivity contribution in [1.29, 1.82) is 0 Å². The minimum Gasteiger partial charge on any atom is -0.484 e. The van der Waals surface area contributed by atoms with Crippen LogP contribution in [0.25, 0.3) is 0 Å². The van der Waals surface area contributed by atoms with Gasteiger partial charge in [-0.15, -0.1) is 10.2 Å². The van der Waals surface area contributed by atoms with Gasteiger partial charge in [-0.1, -0.05) is 13.8 Å². The van der Waals surface area contributed by atoms with Gasteiger partial charge in [-0.25, -0.2) is 0 Å². The van der Waals surface area contributed by atoms with E-state index in [1.807, 2.05) is 23.7 Å². The van der Waals surface area contributed by atoms with Gasteiger partial charge in [-0.05, 0) is 12.1 Å². The summed E-state index contributed by atoms with van der Waals surface area (Å²) in [5.74, 6) is 1.52. The van der Waals surface area contributed by atoms with Gasteiger partial charge in [0.25, 0.3) is 0 Å². The lowest BCUT2D eigenvalue weighted by Gasteiger charge is -2.08. The molecule has 2 aromatic rings. The van der Waals surface area contributed by atoms with E-state index in [4.69, 9.17) is 4.74 Å². The lowest BCUT2D eigenvalue weighted by Crippen LogP contribution is -2.22. The fraction of sp³-hybridized carbons (Fsp3) is 0.462. The molecule has 6 heteroatoms. The molecule has 2 rings (SSSR count). The highest BCUT2D eigenvalue weighted by Crippen LogP contribution is 2.11. The van der Waals surface area contributed by atoms with Gasteiger partial charge in [0.05, 0.1) is 11.9 Å². The zero-order chi connectivity index (χ0) is 13.7. The van der Waals surface area contributed by atoms with Crippen molar-refractivity contribution in [3.63, 3.8) is 0 Å². The standard InChI is InChI=1S/C13H19N5O/c1-10(2)14-6-11-4-5-12(7-15-11)19-8-13-17-16-9-18(13)3/h4-5,7,9-10,14H,6,8H2,1-3H3. The summed E-state index contributed by atoms with van der Waals surface area (Å²) in [6.07, 6.45) is 3.38. The van der Waals surface area contributed by atoms with Crippen molar-refractivity contribution < 1.29 is 4.74 Å². The summed E-state index contributed by atoms with van der Waals surface area (Å²) in [5.41, 5.74) is 1.000. The Hall–Kier alpha value is -1.95. The maximum atomic E-state index is 5.61. The Balaban J connectivity index is 1.86. The molecule has 0 aliphatic heterocycles. The molecule has 0 radical (unpaired) electrons. The van der Waals surface area contributed by atoms with Gasteiger partial charge in [0.1, 0.15) is 18.7 Å². The third-order valence-electron chi connectivity index (χ3n) is 2.66. The third-order valence-corrected chi connectivity index (χ3v) is 2.66. The molecule has 19 heavy (non-hydrogen) atoms. The zero-order valence-electron chi connectivity index (χ0n) is 11.5. The van der Waals surface area contributed by atoms with Crippen LogP contribution < -0.4 is 10.1 Å². The van der Waals surface area contributed by atoms with E-state index in [2.05, 4.69) is 34.3 Å². The molecule has 0 spiro atoms. The summed E-state index contributed by atoms with van der Waals surface area (Å²) in [5, 5.41) is 11.1. The Morgan fingerprint density at radius 1 is 1.37 bits per heavy atom. The molecule has 0 unspecified atom stereocenters. The van der Waals surface area contributed by atoms with Crippen molar-refractivity contribution in [2.24, 2.45) is 7.05 Å². The number of pyridine rings is 1. The Morgan fingerprint density at radius 2 is 2.21 bits per heavy atom. The molecule has 0 fully saturated rings. The monoisotopic (exact) mass is 261 g/mol. The number of aromatic nitrogens is 4. The molecule has 0 aliphatic carbocycles. The Bertz CT molecular complexity index is 506. The molecule has 0 aromatic carbocycles. The molecule has 2 aromatic heterocycles. The van der Waals surface area contributed by atoms with Crippen LogP contribution in [0.4, 0.5) is 0 Å². The summed E-state index contributed by atoms with van der Waals surface area (Å²) in [6.45, 7) is 5.37. The topological polar surface area (TPSA) is 64.9 Å². The fourth-order valence-electron chi connectivity index (χ4n) is 1.50. The van der Waals surface area contributed by atoms with Crippen molar-refractivity contribution in [1.82, 2.24) is 25.1 Å². The number of hydrogen-bond donors (Lipinski definition) is 1. The zero-order valence-corrected chi connectivity index (χ0v) is 11.5. The molecule has 0 bridgehead atoms. The van der Waals surface area contributed by atoms with Gasteiger partial charge in [0, 0.05) is 19.6 Å². The normalized spacial score (nSPS) is 10.9. The first kappa shape index (κ1) is 13.5. The minimum atomic E-state index is 0.391. The predicted octanol–water partition coefficient (Wildman–Crippen LogP) is 1.29. The lowest BCUT2D eigenvalue weighted by molar-refractivity contribution is 0.290. The summed E-state index contributed by atoms with van der Waals surface area (Å²) < 4.78 is 7.43. The second-order valence-electron chi connectivity index (χ2n) is 4.67. The molecule has 0 atom stereocenters. The van der Waals surface area contributed by atoms with Gasteiger partial charge in [-0.2, -0.15) is 0 Å². The van der Waals surface area contributed by atoms with Crippen LogP contribution >= 0.6 is 0 Å². The van der Waals surface area contributed by atoms with E-state index in [0.717, 1.165) is 23.8 Å². The molecule has 1 N–H and O–H groups in total. The highest BCUT2D eigenvalue weighted by atomic mass is 16.5. The molecule has 2 heterocycles. The number of rotatable bonds is 6. The van der Waals surface area contributed by atoms with Crippen molar-refractivity contribution in [2.45, 2.75) is 33.0 Å². The highest BCUT2D eigenvalue weighted by molar-refractivity contribution is 5.20. The molecule has 0 amide bonds. The summed E-state index contributed by atoms with van der Waals surface area (Å²) in [6, 6.07) is 4.33. The molecule has 0 aliphatic rings. The van der Waals surface area contributed by atoms with Crippen LogP contribution in [0.5, 0.6) is 5.75 Å². The quantitative estimate of drug-likeness (QED) is 0.848. The van der Waals surface area contributed by atoms with Gasteiger partial charge in [0.15, 0.2) is 5.82 Å². The van der Waals surface area contributed by atoms with E-state index in [1.165, 1.54) is 0 Å². The van der Waals surface area contributed by atoms with Crippen molar-refractivity contribution in [3.8, 4) is 5.75 Å². The summed E-state index contributed by atoms with van der Waals surface area (Å²) in [4.78, 5) is 4.34. The Kier molecular flexibility index (Phi) is 4.46. The largest absolute Gasteiger partial charge is 0.484 e. The smallest absolute Gasteiger partial charge is 0.170 e. The van der Waals surface area contributed by atoms with Gasteiger partial charge < -0.3 is 14.6 Å². The van der Waals surface area contributed by atoms with E-state index in [9.17, 15) is 0 Å². The molecule has 0 saturated carbocycles. The average molecular weight is 261 g/mol. The van der Waals surface area contributed by atoms with E-state index < -0.39 is 0 Å². The van der Waals surface area contributed by atoms with Gasteiger partial charge in [-0.3, -0.25) is 4.98 Å². The maximum absolute atomic E-state index is 5.61. The van der Waals surface area contributed by atoms with Crippen LogP contribution in [0, 0.1) is 0 Å². The highest BCUT2D eigenvalue weighted by Gasteiger charge is 2.02. The van der Waals surface area contributed by atoms with E-state index in [0.29, 0.717) is 12.6 Å². The molecule has 0 saturated heterocycles. The maximum Gasteiger partial charge on any atom is 0.170 e. The van der Waals surface area contributed by atoms with Crippen molar-refractivity contribution in [2.75, 3.05) is 0 Å². The van der Waals surface area contributed by atoms with Gasteiger partial charge >= 0.3 is 0 Å². The molecular weight excluding hydrogens is 242 g/mol.